The number of benzene rings is 1. The largest absolute Gasteiger partial charge is 0.325 e. The van der Waals surface area contributed by atoms with Gasteiger partial charge in [0.25, 0.3) is 0 Å². The van der Waals surface area contributed by atoms with Crippen LogP contribution in [0.1, 0.15) is 44.4 Å². The van der Waals surface area contributed by atoms with Crippen molar-refractivity contribution in [1.29, 1.82) is 5.26 Å². The van der Waals surface area contributed by atoms with Crippen molar-refractivity contribution in [2.75, 3.05) is 5.32 Å². The number of amides is 1. The summed E-state index contributed by atoms with van der Waals surface area (Å²) in [7, 11) is -3.78. The molecule has 7 nitrogen and oxygen atoms in total. The normalized spacial score (nSPS) is 12.2. The van der Waals surface area contributed by atoms with E-state index in [4.69, 9.17) is 5.14 Å². The highest BCUT2D eigenvalue weighted by Crippen LogP contribution is 2.28. The molecule has 0 saturated heterocycles. The molecule has 1 heterocycles. The molecular formula is C20H24N4O3S2. The second kappa shape index (κ2) is 10.4. The van der Waals surface area contributed by atoms with E-state index >= 15 is 0 Å². The van der Waals surface area contributed by atoms with E-state index in [0.717, 1.165) is 25.0 Å². The van der Waals surface area contributed by atoms with Crippen molar-refractivity contribution in [1.82, 2.24) is 4.98 Å². The molecule has 29 heavy (non-hydrogen) atoms. The monoisotopic (exact) mass is 432 g/mol. The van der Waals surface area contributed by atoms with Gasteiger partial charge in [0.1, 0.15) is 11.1 Å². The van der Waals surface area contributed by atoms with Crippen LogP contribution in [0.25, 0.3) is 0 Å². The standard InChI is InChI=1S/C20H24N4O3S2/c1-3-5-6-15-8-7-14(13-21)20(24-15)28-18(4-2)19(25)23-16-9-11-17(12-10-16)29(22,26)27/h7-12,18H,3-6H2,1-2H3,(H,23,25)(H2,22,26,27). The Balaban J connectivity index is 2.15. The third-order valence-electron chi connectivity index (χ3n) is 4.19. The zero-order valence-electron chi connectivity index (χ0n) is 16.4. The molecule has 2 aromatic rings. The smallest absolute Gasteiger partial charge is 0.238 e. The predicted molar refractivity (Wildman–Crippen MR) is 114 cm³/mol. The van der Waals surface area contributed by atoms with Crippen LogP contribution in [-0.4, -0.2) is 24.6 Å². The average Bonchev–Trinajstić information content (AvgIpc) is 2.70. The SMILES string of the molecule is CCCCc1ccc(C#N)c(SC(CC)C(=O)Nc2ccc(S(N)(=O)=O)cc2)n1. The van der Waals surface area contributed by atoms with Crippen molar-refractivity contribution >= 4 is 33.4 Å². The number of aromatic nitrogens is 1. The first-order valence-electron chi connectivity index (χ1n) is 9.28. The molecule has 1 unspecified atom stereocenters. The maximum atomic E-state index is 12.7. The van der Waals surface area contributed by atoms with Crippen LogP contribution in [0.3, 0.4) is 0 Å². The first-order valence-corrected chi connectivity index (χ1v) is 11.7. The van der Waals surface area contributed by atoms with Crippen molar-refractivity contribution in [2.45, 2.75) is 54.7 Å². The van der Waals surface area contributed by atoms with Gasteiger partial charge in [-0.25, -0.2) is 18.5 Å². The van der Waals surface area contributed by atoms with Crippen LogP contribution in [0.5, 0.6) is 0 Å². The van der Waals surface area contributed by atoms with Gasteiger partial charge in [0, 0.05) is 11.4 Å². The number of thioether (sulfide) groups is 1. The van der Waals surface area contributed by atoms with Crippen LogP contribution in [0.2, 0.25) is 0 Å². The summed E-state index contributed by atoms with van der Waals surface area (Å²) in [5.41, 5.74) is 1.81. The van der Waals surface area contributed by atoms with E-state index in [1.165, 1.54) is 36.0 Å². The van der Waals surface area contributed by atoms with Crippen molar-refractivity contribution < 1.29 is 13.2 Å². The predicted octanol–water partition coefficient (Wildman–Crippen LogP) is 3.45. The zero-order chi connectivity index (χ0) is 21.4. The lowest BCUT2D eigenvalue weighted by molar-refractivity contribution is -0.115. The van der Waals surface area contributed by atoms with E-state index in [0.29, 0.717) is 22.7 Å². The summed E-state index contributed by atoms with van der Waals surface area (Å²) in [5, 5.41) is 17.3. The lowest BCUT2D eigenvalue weighted by Crippen LogP contribution is -2.25. The van der Waals surface area contributed by atoms with Crippen LogP contribution >= 0.6 is 11.8 Å². The van der Waals surface area contributed by atoms with Gasteiger partial charge in [0.2, 0.25) is 15.9 Å². The number of anilines is 1. The summed E-state index contributed by atoms with van der Waals surface area (Å²) in [6, 6.07) is 11.4. The summed E-state index contributed by atoms with van der Waals surface area (Å²) >= 11 is 1.26. The van der Waals surface area contributed by atoms with E-state index in [2.05, 4.69) is 23.3 Å². The lowest BCUT2D eigenvalue weighted by Gasteiger charge is -2.15. The number of hydrogen-bond donors (Lipinski definition) is 2. The van der Waals surface area contributed by atoms with Crippen LogP contribution in [-0.2, 0) is 21.2 Å². The number of nitrogens with zero attached hydrogens (tertiary/aromatic N) is 2. The van der Waals surface area contributed by atoms with Crippen molar-refractivity contribution in [3.8, 4) is 6.07 Å². The minimum Gasteiger partial charge on any atom is -0.325 e. The molecule has 0 fully saturated rings. The third kappa shape index (κ3) is 6.56. The Morgan fingerprint density at radius 1 is 1.24 bits per heavy atom. The van der Waals surface area contributed by atoms with Crippen molar-refractivity contribution in [2.24, 2.45) is 5.14 Å². The van der Waals surface area contributed by atoms with Gasteiger partial charge in [-0.2, -0.15) is 5.26 Å². The summed E-state index contributed by atoms with van der Waals surface area (Å²) in [6.07, 6.45) is 3.43. The van der Waals surface area contributed by atoms with Gasteiger partial charge in [0.05, 0.1) is 15.7 Å². The topological polar surface area (TPSA) is 126 Å². The van der Waals surface area contributed by atoms with Crippen molar-refractivity contribution in [3.63, 3.8) is 0 Å². The molecule has 1 atom stereocenters. The van der Waals surface area contributed by atoms with Crippen LogP contribution in [0.4, 0.5) is 5.69 Å². The Hall–Kier alpha value is -2.41. The van der Waals surface area contributed by atoms with Crippen LogP contribution in [0, 0.1) is 11.3 Å². The van der Waals surface area contributed by atoms with Crippen molar-refractivity contribution in [3.05, 3.63) is 47.7 Å². The maximum Gasteiger partial charge on any atom is 0.238 e. The Morgan fingerprint density at radius 3 is 2.48 bits per heavy atom. The molecule has 2 rings (SSSR count). The number of primary sulfonamides is 1. The van der Waals surface area contributed by atoms with Gasteiger partial charge in [0.15, 0.2) is 0 Å². The number of unbranched alkanes of at least 4 members (excludes halogenated alkanes) is 1. The van der Waals surface area contributed by atoms with Gasteiger partial charge in [-0.3, -0.25) is 4.79 Å². The molecular weight excluding hydrogens is 408 g/mol. The minimum atomic E-state index is -3.78. The summed E-state index contributed by atoms with van der Waals surface area (Å²) in [6.45, 7) is 3.99. The molecule has 9 heteroatoms. The second-order valence-corrected chi connectivity index (χ2v) is 9.20. The second-order valence-electron chi connectivity index (χ2n) is 6.44. The van der Waals surface area contributed by atoms with Crippen LogP contribution < -0.4 is 10.5 Å². The van der Waals surface area contributed by atoms with Gasteiger partial charge in [-0.15, -0.1) is 0 Å². The number of aryl methyl sites for hydroxylation is 1. The number of nitrogens with one attached hydrogen (secondary N) is 1. The number of pyridine rings is 1. The van der Waals surface area contributed by atoms with E-state index in [9.17, 15) is 18.5 Å². The minimum absolute atomic E-state index is 0.0244. The van der Waals surface area contributed by atoms with Gasteiger partial charge < -0.3 is 5.32 Å². The molecule has 0 aliphatic carbocycles. The number of carbonyl (C=O) groups excluding carboxylic acids is 1. The number of rotatable bonds is 9. The van der Waals surface area contributed by atoms with E-state index < -0.39 is 15.3 Å². The number of nitriles is 1. The molecule has 1 aromatic carbocycles. The maximum absolute atomic E-state index is 12.7. The highest BCUT2D eigenvalue weighted by atomic mass is 32.2. The average molecular weight is 433 g/mol. The lowest BCUT2D eigenvalue weighted by atomic mass is 10.2. The first kappa shape index (κ1) is 22.9. The molecule has 154 valence electrons. The Labute approximate surface area is 175 Å². The fourth-order valence-electron chi connectivity index (χ4n) is 2.56. The summed E-state index contributed by atoms with van der Waals surface area (Å²) in [4.78, 5) is 17.3. The number of sulfonamides is 1. The molecule has 0 spiro atoms. The number of hydrogen-bond acceptors (Lipinski definition) is 6. The summed E-state index contributed by atoms with van der Waals surface area (Å²) in [5.74, 6) is -0.245. The molecule has 1 amide bonds. The molecule has 0 bridgehead atoms. The molecule has 0 saturated carbocycles. The highest BCUT2D eigenvalue weighted by Gasteiger charge is 2.21. The third-order valence-corrected chi connectivity index (χ3v) is 6.49. The van der Waals surface area contributed by atoms with Crippen LogP contribution in [0.15, 0.2) is 46.3 Å². The van der Waals surface area contributed by atoms with Gasteiger partial charge >= 0.3 is 0 Å². The Kier molecular flexibility index (Phi) is 8.20. The van der Waals surface area contributed by atoms with Gasteiger partial charge in [-0.1, -0.05) is 32.0 Å². The Morgan fingerprint density at radius 2 is 1.93 bits per heavy atom. The van der Waals surface area contributed by atoms with Gasteiger partial charge in [-0.05, 0) is 55.7 Å². The highest BCUT2D eigenvalue weighted by molar-refractivity contribution is 8.00. The number of nitrogens with two attached hydrogens (primary N) is 1. The number of carbonyl (C=O) groups is 1. The quantitative estimate of drug-likeness (QED) is 0.585. The van der Waals surface area contributed by atoms with E-state index in [1.54, 1.807) is 6.07 Å². The fraction of sp³-hybridized carbons (Fsp3) is 0.350. The molecule has 1 aromatic heterocycles. The first-order chi connectivity index (χ1) is 13.8. The molecule has 3 N–H and O–H groups in total. The fourth-order valence-corrected chi connectivity index (χ4v) is 4.09. The molecule has 0 aliphatic rings. The zero-order valence-corrected chi connectivity index (χ0v) is 18.0. The Bertz CT molecular complexity index is 999. The molecule has 0 radical (unpaired) electrons. The molecule has 0 aliphatic heterocycles. The van der Waals surface area contributed by atoms with E-state index in [-0.39, 0.29) is 10.8 Å². The van der Waals surface area contributed by atoms with E-state index in [1.807, 2.05) is 13.0 Å². The summed E-state index contributed by atoms with van der Waals surface area (Å²) < 4.78 is 22.7.